The van der Waals surface area contributed by atoms with Gasteiger partial charge in [-0.1, -0.05) is 21.6 Å². The fourth-order valence-corrected chi connectivity index (χ4v) is 2.84. The van der Waals surface area contributed by atoms with Gasteiger partial charge in [-0.05, 0) is 0 Å². The second-order valence-electron chi connectivity index (χ2n) is 1.82. The van der Waals surface area contributed by atoms with Crippen molar-refractivity contribution in [3.8, 4) is 0 Å². The molecule has 0 atom stereocenters. The van der Waals surface area contributed by atoms with Crippen LogP contribution in [-0.2, 0) is 0 Å². The predicted molar refractivity (Wildman–Crippen MR) is 36.7 cm³/mol. The van der Waals surface area contributed by atoms with Gasteiger partial charge in [-0.25, -0.2) is 0 Å². The summed E-state index contributed by atoms with van der Waals surface area (Å²) in [5.41, 5.74) is 0. The van der Waals surface area contributed by atoms with Gasteiger partial charge in [0.05, 0.1) is 5.75 Å². The minimum Gasteiger partial charge on any atom is -0.365 e. The molecule has 2 nitrogen and oxygen atoms in total. The Balaban J connectivity index is 2.33. The lowest BCUT2D eigenvalue weighted by molar-refractivity contribution is -0.140. The zero-order valence-corrected chi connectivity index (χ0v) is 5.97. The van der Waals surface area contributed by atoms with Gasteiger partial charge in [-0.3, -0.25) is 0 Å². The van der Waals surface area contributed by atoms with Crippen LogP contribution in [0.5, 0.6) is 0 Å². The average molecular weight is 152 g/mol. The molecule has 0 aromatic heterocycles. The van der Waals surface area contributed by atoms with E-state index in [-0.39, 0.29) is 0 Å². The molecule has 48 valence electrons. The SMILES string of the molecule is OC1(O)CCSSC1. The Labute approximate surface area is 56.1 Å². The Kier molecular flexibility index (Phi) is 2.08. The van der Waals surface area contributed by atoms with Crippen molar-refractivity contribution in [1.29, 1.82) is 0 Å². The molecule has 0 saturated carbocycles. The number of aliphatic hydroxyl groups is 2. The smallest absolute Gasteiger partial charge is 0.173 e. The molecule has 1 rings (SSSR count). The molecule has 0 aliphatic carbocycles. The van der Waals surface area contributed by atoms with E-state index in [2.05, 4.69) is 0 Å². The second kappa shape index (κ2) is 2.47. The first-order valence-corrected chi connectivity index (χ1v) is 4.89. The molecule has 1 heterocycles. The minimum atomic E-state index is -1.38. The molecule has 0 aromatic rings. The van der Waals surface area contributed by atoms with Crippen LogP contribution in [0.2, 0.25) is 0 Å². The molecule has 0 spiro atoms. The molecule has 1 aliphatic heterocycles. The van der Waals surface area contributed by atoms with Gasteiger partial charge in [0.25, 0.3) is 0 Å². The van der Waals surface area contributed by atoms with Crippen molar-refractivity contribution < 1.29 is 10.2 Å². The van der Waals surface area contributed by atoms with E-state index in [1.807, 2.05) is 0 Å². The van der Waals surface area contributed by atoms with Crippen LogP contribution in [-0.4, -0.2) is 27.5 Å². The molecule has 8 heavy (non-hydrogen) atoms. The molecule has 0 bridgehead atoms. The first-order valence-electron chi connectivity index (χ1n) is 2.40. The van der Waals surface area contributed by atoms with Crippen LogP contribution in [0.15, 0.2) is 0 Å². The zero-order valence-electron chi connectivity index (χ0n) is 4.33. The number of hydrogen-bond donors (Lipinski definition) is 2. The fraction of sp³-hybridized carbons (Fsp3) is 1.00. The highest BCUT2D eigenvalue weighted by molar-refractivity contribution is 8.76. The van der Waals surface area contributed by atoms with Crippen molar-refractivity contribution in [3.63, 3.8) is 0 Å². The van der Waals surface area contributed by atoms with Crippen molar-refractivity contribution in [2.75, 3.05) is 11.5 Å². The van der Waals surface area contributed by atoms with Crippen LogP contribution in [0.4, 0.5) is 0 Å². The highest BCUT2D eigenvalue weighted by atomic mass is 33.1. The van der Waals surface area contributed by atoms with Gasteiger partial charge >= 0.3 is 0 Å². The van der Waals surface area contributed by atoms with Crippen LogP contribution in [0.1, 0.15) is 6.42 Å². The molecule has 0 unspecified atom stereocenters. The average Bonchev–Trinajstić information content (AvgIpc) is 1.65. The van der Waals surface area contributed by atoms with Crippen LogP contribution >= 0.6 is 21.6 Å². The molecule has 1 fully saturated rings. The van der Waals surface area contributed by atoms with Crippen LogP contribution < -0.4 is 0 Å². The largest absolute Gasteiger partial charge is 0.365 e. The van der Waals surface area contributed by atoms with E-state index in [0.717, 1.165) is 5.75 Å². The summed E-state index contributed by atoms with van der Waals surface area (Å²) in [7, 11) is 3.21. The predicted octanol–water partition coefficient (Wildman–Crippen LogP) is 0.452. The maximum absolute atomic E-state index is 8.90. The van der Waals surface area contributed by atoms with Crippen molar-refractivity contribution in [2.45, 2.75) is 12.2 Å². The molecule has 1 aliphatic rings. The van der Waals surface area contributed by atoms with E-state index in [1.165, 1.54) is 10.8 Å². The molecular formula is C4H8O2S2. The van der Waals surface area contributed by atoms with E-state index in [4.69, 9.17) is 10.2 Å². The van der Waals surface area contributed by atoms with Crippen molar-refractivity contribution in [2.24, 2.45) is 0 Å². The Morgan fingerprint density at radius 1 is 1.25 bits per heavy atom. The van der Waals surface area contributed by atoms with E-state index in [9.17, 15) is 0 Å². The first-order chi connectivity index (χ1) is 3.71. The number of hydrogen-bond acceptors (Lipinski definition) is 4. The lowest BCUT2D eigenvalue weighted by Crippen LogP contribution is -2.33. The highest BCUT2D eigenvalue weighted by Gasteiger charge is 2.26. The highest BCUT2D eigenvalue weighted by Crippen LogP contribution is 2.33. The van der Waals surface area contributed by atoms with Crippen LogP contribution in [0.25, 0.3) is 0 Å². The third-order valence-corrected chi connectivity index (χ3v) is 3.43. The van der Waals surface area contributed by atoms with Crippen LogP contribution in [0.3, 0.4) is 0 Å². The summed E-state index contributed by atoms with van der Waals surface area (Å²) in [4.78, 5) is 0. The summed E-state index contributed by atoms with van der Waals surface area (Å²) in [5, 5.41) is 17.8. The summed E-state index contributed by atoms with van der Waals surface area (Å²) in [6, 6.07) is 0. The van der Waals surface area contributed by atoms with E-state index < -0.39 is 5.79 Å². The normalized spacial score (nSPS) is 27.8. The molecule has 4 heteroatoms. The van der Waals surface area contributed by atoms with Crippen molar-refractivity contribution in [1.82, 2.24) is 0 Å². The van der Waals surface area contributed by atoms with E-state index in [0.29, 0.717) is 12.2 Å². The Bertz CT molecular complexity index is 76.1. The summed E-state index contributed by atoms with van der Waals surface area (Å²) < 4.78 is 0. The molecular weight excluding hydrogens is 144 g/mol. The minimum absolute atomic E-state index is 0.442. The Morgan fingerprint density at radius 3 is 2.25 bits per heavy atom. The summed E-state index contributed by atoms with van der Waals surface area (Å²) >= 11 is 0. The third-order valence-electron chi connectivity index (χ3n) is 0.959. The molecule has 0 aromatic carbocycles. The maximum atomic E-state index is 8.90. The monoisotopic (exact) mass is 152 g/mol. The Hall–Kier alpha value is 0.620. The lowest BCUT2D eigenvalue weighted by Gasteiger charge is -2.24. The third kappa shape index (κ3) is 1.85. The molecule has 0 amide bonds. The lowest BCUT2D eigenvalue weighted by atomic mass is 10.2. The second-order valence-corrected chi connectivity index (χ2v) is 4.40. The van der Waals surface area contributed by atoms with E-state index in [1.54, 1.807) is 10.8 Å². The molecule has 1 saturated heterocycles. The zero-order chi connectivity index (χ0) is 6.04. The van der Waals surface area contributed by atoms with Crippen molar-refractivity contribution >= 4 is 21.6 Å². The van der Waals surface area contributed by atoms with Gasteiger partial charge in [0.1, 0.15) is 0 Å². The summed E-state index contributed by atoms with van der Waals surface area (Å²) in [5.74, 6) is -0.0920. The quantitative estimate of drug-likeness (QED) is 0.390. The number of rotatable bonds is 0. The maximum Gasteiger partial charge on any atom is 0.173 e. The van der Waals surface area contributed by atoms with Crippen LogP contribution in [0, 0.1) is 0 Å². The first kappa shape index (κ1) is 6.74. The topological polar surface area (TPSA) is 40.5 Å². The summed E-state index contributed by atoms with van der Waals surface area (Å²) in [6.45, 7) is 0. The van der Waals surface area contributed by atoms with Gasteiger partial charge in [0.15, 0.2) is 5.79 Å². The van der Waals surface area contributed by atoms with Gasteiger partial charge in [-0.15, -0.1) is 0 Å². The fourth-order valence-electron chi connectivity index (χ4n) is 0.472. The van der Waals surface area contributed by atoms with Gasteiger partial charge in [0, 0.05) is 12.2 Å². The van der Waals surface area contributed by atoms with Gasteiger partial charge < -0.3 is 10.2 Å². The van der Waals surface area contributed by atoms with Gasteiger partial charge in [-0.2, -0.15) is 0 Å². The molecule has 0 radical (unpaired) electrons. The standard InChI is InChI=1S/C4H8O2S2/c5-4(6)1-2-7-8-3-4/h5-6H,1-3H2. The van der Waals surface area contributed by atoms with E-state index >= 15 is 0 Å². The van der Waals surface area contributed by atoms with Gasteiger partial charge in [0.2, 0.25) is 0 Å². The molecule has 2 N–H and O–H groups in total. The Morgan fingerprint density at radius 2 is 2.00 bits per heavy atom. The van der Waals surface area contributed by atoms with Crippen molar-refractivity contribution in [3.05, 3.63) is 0 Å². The summed E-state index contributed by atoms with van der Waals surface area (Å²) in [6.07, 6.45) is 0.505.